The number of hydrogen-bond acceptors (Lipinski definition) is 4. The summed E-state index contributed by atoms with van der Waals surface area (Å²) in [7, 11) is 0. The van der Waals surface area contributed by atoms with Crippen LogP contribution < -0.4 is 4.84 Å². The molecule has 8 heteroatoms. The lowest BCUT2D eigenvalue weighted by Crippen LogP contribution is -2.45. The average molecular weight is 446 g/mol. The number of rotatable bonds is 1. The molecule has 6 nitrogen and oxygen atoms in total. The van der Waals surface area contributed by atoms with Gasteiger partial charge in [-0.05, 0) is 55.6 Å². The molecule has 0 unspecified atom stereocenters. The van der Waals surface area contributed by atoms with Crippen LogP contribution >= 0.6 is 27.5 Å². The molecule has 1 aromatic carbocycles. The highest BCUT2D eigenvalue weighted by Crippen LogP contribution is 2.36. The second-order valence-electron chi connectivity index (χ2n) is 7.58. The van der Waals surface area contributed by atoms with Gasteiger partial charge in [-0.3, -0.25) is 4.79 Å². The van der Waals surface area contributed by atoms with Crippen LogP contribution in [0.3, 0.4) is 0 Å². The Morgan fingerprint density at radius 2 is 1.92 bits per heavy atom. The van der Waals surface area contributed by atoms with Crippen molar-refractivity contribution in [2.45, 2.75) is 45.8 Å². The zero-order chi connectivity index (χ0) is 19.1. The number of amides is 2. The zero-order valence-corrected chi connectivity index (χ0v) is 17.4. The maximum Gasteiger partial charge on any atom is 0.410 e. The SMILES string of the molecule is CC(C)(C)OC(=O)N1CCC(C(=O)N2Cc3cc(Br)c(Cl)cc3O2)CC1. The van der Waals surface area contributed by atoms with Crippen LogP contribution in [0, 0.1) is 5.92 Å². The first kappa shape index (κ1) is 19.3. The summed E-state index contributed by atoms with van der Waals surface area (Å²) in [5.41, 5.74) is 0.398. The van der Waals surface area contributed by atoms with Crippen molar-refractivity contribution in [2.75, 3.05) is 13.1 Å². The Balaban J connectivity index is 1.56. The van der Waals surface area contributed by atoms with E-state index in [9.17, 15) is 9.59 Å². The van der Waals surface area contributed by atoms with Crippen LogP contribution in [-0.2, 0) is 16.1 Å². The Labute approximate surface area is 166 Å². The maximum absolute atomic E-state index is 12.8. The standard InChI is InChI=1S/C18H22BrClN2O4/c1-18(2,3)25-17(24)21-6-4-11(5-7-21)16(23)22-10-12-8-13(19)14(20)9-15(12)26-22/h8-9,11H,4-7,10H2,1-3H3. The minimum Gasteiger partial charge on any atom is -0.444 e. The number of benzene rings is 1. The Kier molecular flexibility index (Phi) is 5.40. The summed E-state index contributed by atoms with van der Waals surface area (Å²) in [6, 6.07) is 3.58. The van der Waals surface area contributed by atoms with Gasteiger partial charge in [0.25, 0.3) is 5.91 Å². The van der Waals surface area contributed by atoms with Gasteiger partial charge < -0.3 is 14.5 Å². The van der Waals surface area contributed by atoms with E-state index >= 15 is 0 Å². The Morgan fingerprint density at radius 3 is 2.54 bits per heavy atom. The van der Waals surface area contributed by atoms with Crippen molar-refractivity contribution in [1.82, 2.24) is 9.96 Å². The topological polar surface area (TPSA) is 59.1 Å². The average Bonchev–Trinajstić information content (AvgIpc) is 2.96. The number of carbonyl (C=O) groups excluding carboxylic acids is 2. The maximum atomic E-state index is 12.8. The van der Waals surface area contributed by atoms with Crippen LogP contribution in [0.1, 0.15) is 39.2 Å². The van der Waals surface area contributed by atoms with E-state index in [1.807, 2.05) is 26.8 Å². The van der Waals surface area contributed by atoms with E-state index in [2.05, 4.69) is 15.9 Å². The van der Waals surface area contributed by atoms with Crippen molar-refractivity contribution in [3.05, 3.63) is 27.2 Å². The number of hydrogen-bond donors (Lipinski definition) is 0. The predicted molar refractivity (Wildman–Crippen MR) is 101 cm³/mol. The van der Waals surface area contributed by atoms with Crippen molar-refractivity contribution in [3.63, 3.8) is 0 Å². The minimum absolute atomic E-state index is 0.0581. The highest BCUT2D eigenvalue weighted by Gasteiger charge is 2.35. The molecule has 2 amide bonds. The third-order valence-electron chi connectivity index (χ3n) is 4.37. The molecule has 0 N–H and O–H groups in total. The van der Waals surface area contributed by atoms with E-state index in [0.29, 0.717) is 43.2 Å². The van der Waals surface area contributed by atoms with Gasteiger partial charge in [0.05, 0.1) is 11.6 Å². The van der Waals surface area contributed by atoms with Crippen molar-refractivity contribution in [2.24, 2.45) is 5.92 Å². The molecule has 0 atom stereocenters. The molecule has 0 bridgehead atoms. The fraction of sp³-hybridized carbons (Fsp3) is 0.556. The fourth-order valence-corrected chi connectivity index (χ4v) is 3.59. The van der Waals surface area contributed by atoms with Gasteiger partial charge in [-0.2, -0.15) is 5.06 Å². The molecule has 3 rings (SSSR count). The Bertz CT molecular complexity index is 696. The van der Waals surface area contributed by atoms with Gasteiger partial charge >= 0.3 is 6.09 Å². The van der Waals surface area contributed by atoms with E-state index in [1.54, 1.807) is 11.0 Å². The van der Waals surface area contributed by atoms with E-state index in [1.165, 1.54) is 5.06 Å². The predicted octanol–water partition coefficient (Wildman–Crippen LogP) is 4.39. The number of halogens is 2. The molecular weight excluding hydrogens is 424 g/mol. The normalized spacial score (nSPS) is 17.7. The molecular formula is C18H22BrClN2O4. The number of piperidine rings is 1. The lowest BCUT2D eigenvalue weighted by atomic mass is 9.96. The first-order chi connectivity index (χ1) is 12.1. The molecule has 142 valence electrons. The van der Waals surface area contributed by atoms with Gasteiger partial charge in [-0.25, -0.2) is 4.79 Å². The van der Waals surface area contributed by atoms with Crippen LogP contribution in [0.15, 0.2) is 16.6 Å². The van der Waals surface area contributed by atoms with Crippen LogP contribution in [0.25, 0.3) is 0 Å². The second kappa shape index (κ2) is 7.27. The van der Waals surface area contributed by atoms with Crippen molar-refractivity contribution in [1.29, 1.82) is 0 Å². The van der Waals surface area contributed by atoms with E-state index in [-0.39, 0.29) is 17.9 Å². The fourth-order valence-electron chi connectivity index (χ4n) is 3.05. The molecule has 2 heterocycles. The monoisotopic (exact) mass is 444 g/mol. The Morgan fingerprint density at radius 1 is 1.27 bits per heavy atom. The van der Waals surface area contributed by atoms with E-state index in [4.69, 9.17) is 21.2 Å². The summed E-state index contributed by atoms with van der Waals surface area (Å²) >= 11 is 9.46. The second-order valence-corrected chi connectivity index (χ2v) is 8.84. The van der Waals surface area contributed by atoms with Gasteiger partial charge in [0.2, 0.25) is 0 Å². The molecule has 1 saturated heterocycles. The third-order valence-corrected chi connectivity index (χ3v) is 5.56. The number of nitrogens with zero attached hydrogens (tertiary/aromatic N) is 2. The molecule has 0 radical (unpaired) electrons. The summed E-state index contributed by atoms with van der Waals surface area (Å²) in [5.74, 6) is 0.386. The number of hydroxylamine groups is 2. The van der Waals surface area contributed by atoms with Crippen molar-refractivity contribution >= 4 is 39.5 Å². The minimum atomic E-state index is -0.519. The summed E-state index contributed by atoms with van der Waals surface area (Å²) in [5, 5.41) is 1.94. The molecule has 1 fully saturated rings. The van der Waals surface area contributed by atoms with E-state index in [0.717, 1.165) is 10.0 Å². The van der Waals surface area contributed by atoms with Crippen LogP contribution in [0.2, 0.25) is 5.02 Å². The summed E-state index contributed by atoms with van der Waals surface area (Å²) in [6.45, 7) is 6.93. The molecule has 2 aliphatic rings. The van der Waals surface area contributed by atoms with Crippen LogP contribution in [-0.4, -0.2) is 40.7 Å². The molecule has 1 aromatic rings. The number of fused-ring (bicyclic) bond motifs is 1. The first-order valence-electron chi connectivity index (χ1n) is 8.59. The molecule has 2 aliphatic heterocycles. The number of ether oxygens (including phenoxy) is 1. The third kappa shape index (κ3) is 4.26. The highest BCUT2D eigenvalue weighted by atomic mass is 79.9. The lowest BCUT2D eigenvalue weighted by molar-refractivity contribution is -0.161. The van der Waals surface area contributed by atoms with Crippen LogP contribution in [0.5, 0.6) is 5.75 Å². The quantitative estimate of drug-likeness (QED) is 0.643. The van der Waals surface area contributed by atoms with Crippen molar-refractivity contribution in [3.8, 4) is 5.75 Å². The summed E-state index contributed by atoms with van der Waals surface area (Å²) in [4.78, 5) is 32.2. The van der Waals surface area contributed by atoms with Gasteiger partial charge in [0, 0.05) is 35.1 Å². The molecule has 0 saturated carbocycles. The first-order valence-corrected chi connectivity index (χ1v) is 9.76. The number of carbonyl (C=O) groups is 2. The molecule has 26 heavy (non-hydrogen) atoms. The smallest absolute Gasteiger partial charge is 0.410 e. The van der Waals surface area contributed by atoms with Gasteiger partial charge in [-0.15, -0.1) is 0 Å². The van der Waals surface area contributed by atoms with Crippen LogP contribution in [0.4, 0.5) is 4.79 Å². The lowest BCUT2D eigenvalue weighted by Gasteiger charge is -2.33. The van der Waals surface area contributed by atoms with Crippen molar-refractivity contribution < 1.29 is 19.2 Å². The summed E-state index contributed by atoms with van der Waals surface area (Å²) in [6.07, 6.45) is 0.866. The number of likely N-dealkylation sites (tertiary alicyclic amines) is 1. The van der Waals surface area contributed by atoms with Gasteiger partial charge in [-0.1, -0.05) is 11.6 Å². The zero-order valence-electron chi connectivity index (χ0n) is 15.1. The highest BCUT2D eigenvalue weighted by molar-refractivity contribution is 9.10. The summed E-state index contributed by atoms with van der Waals surface area (Å²) < 4.78 is 6.17. The Hall–Kier alpha value is -1.47. The molecule has 0 aromatic heterocycles. The largest absolute Gasteiger partial charge is 0.444 e. The molecule has 0 spiro atoms. The van der Waals surface area contributed by atoms with E-state index < -0.39 is 5.60 Å². The van der Waals surface area contributed by atoms with Gasteiger partial charge in [0.15, 0.2) is 5.75 Å². The van der Waals surface area contributed by atoms with Gasteiger partial charge in [0.1, 0.15) is 5.60 Å². The molecule has 0 aliphatic carbocycles.